The number of piperidine rings is 1. The molecule has 1 amide bonds. The zero-order valence-electron chi connectivity index (χ0n) is 13.2. The van der Waals surface area contributed by atoms with E-state index in [9.17, 15) is 4.79 Å². The van der Waals surface area contributed by atoms with Crippen molar-refractivity contribution in [2.24, 2.45) is 5.92 Å². The van der Waals surface area contributed by atoms with Crippen LogP contribution in [0.4, 0.5) is 4.79 Å². The van der Waals surface area contributed by atoms with Crippen LogP contribution in [0.25, 0.3) is 5.65 Å². The molecule has 0 N–H and O–H groups in total. The zero-order chi connectivity index (χ0) is 15.5. The summed E-state index contributed by atoms with van der Waals surface area (Å²) in [6.45, 7) is 7.21. The minimum absolute atomic E-state index is 0.0446. The average Bonchev–Trinajstić information content (AvgIpc) is 2.85. The van der Waals surface area contributed by atoms with E-state index in [4.69, 9.17) is 9.72 Å². The third-order valence-corrected chi connectivity index (χ3v) is 4.67. The second-order valence-corrected chi connectivity index (χ2v) is 7.51. The first-order valence-electron chi connectivity index (χ1n) is 7.80. The van der Waals surface area contributed by atoms with Gasteiger partial charge in [-0.3, -0.25) is 0 Å². The maximum absolute atomic E-state index is 12.3. The molecule has 1 aliphatic heterocycles. The Morgan fingerprint density at radius 1 is 1.41 bits per heavy atom. The quantitative estimate of drug-likeness (QED) is 0.813. The summed E-state index contributed by atoms with van der Waals surface area (Å²) < 4.78 is 7.54. The smallest absolute Gasteiger partial charge is 0.410 e. The van der Waals surface area contributed by atoms with Crippen molar-refractivity contribution in [2.75, 3.05) is 13.1 Å². The summed E-state index contributed by atoms with van der Waals surface area (Å²) in [5, 5.41) is 0. The Kier molecular flexibility index (Phi) is 2.63. The molecule has 2 aliphatic rings. The van der Waals surface area contributed by atoms with Crippen LogP contribution in [-0.2, 0) is 10.2 Å². The van der Waals surface area contributed by atoms with Gasteiger partial charge in [0.15, 0.2) is 0 Å². The number of carbonyl (C=O) groups excluding carboxylic acids is 1. The highest BCUT2D eigenvalue weighted by Crippen LogP contribution is 2.58. The van der Waals surface area contributed by atoms with Crippen LogP contribution in [0, 0.1) is 5.92 Å². The predicted molar refractivity (Wildman–Crippen MR) is 82.8 cm³/mol. The van der Waals surface area contributed by atoms with Gasteiger partial charge in [-0.1, -0.05) is 6.07 Å². The number of ether oxygens (including phenoxy) is 1. The lowest BCUT2D eigenvalue weighted by atomic mass is 10.0. The third kappa shape index (κ3) is 2.07. The Hall–Kier alpha value is -2.04. The molecule has 2 atom stereocenters. The molecule has 5 nitrogen and oxygen atoms in total. The third-order valence-electron chi connectivity index (χ3n) is 4.67. The summed E-state index contributed by atoms with van der Waals surface area (Å²) in [6, 6.07) is 6.01. The van der Waals surface area contributed by atoms with Crippen LogP contribution in [-0.4, -0.2) is 39.1 Å². The van der Waals surface area contributed by atoms with Crippen molar-refractivity contribution < 1.29 is 9.53 Å². The molecule has 4 rings (SSSR count). The van der Waals surface area contributed by atoms with Gasteiger partial charge in [-0.05, 0) is 45.2 Å². The van der Waals surface area contributed by atoms with E-state index in [1.807, 2.05) is 50.1 Å². The number of nitrogens with zero attached hydrogens (tertiary/aromatic N) is 3. The van der Waals surface area contributed by atoms with E-state index >= 15 is 0 Å². The molecule has 0 bridgehead atoms. The van der Waals surface area contributed by atoms with Crippen LogP contribution in [0.1, 0.15) is 32.9 Å². The molecular formula is C17H21N3O2. The van der Waals surface area contributed by atoms with Crippen LogP contribution in [0.15, 0.2) is 30.6 Å². The van der Waals surface area contributed by atoms with Gasteiger partial charge < -0.3 is 14.0 Å². The molecule has 1 aliphatic carbocycles. The number of imidazole rings is 1. The van der Waals surface area contributed by atoms with Gasteiger partial charge in [0.05, 0.1) is 5.69 Å². The van der Waals surface area contributed by atoms with Gasteiger partial charge in [-0.15, -0.1) is 0 Å². The van der Waals surface area contributed by atoms with E-state index in [1.165, 1.54) is 0 Å². The lowest BCUT2D eigenvalue weighted by Crippen LogP contribution is -2.37. The van der Waals surface area contributed by atoms with Crippen LogP contribution in [0.3, 0.4) is 0 Å². The summed E-state index contributed by atoms with van der Waals surface area (Å²) in [5.41, 5.74) is 1.67. The molecule has 2 unspecified atom stereocenters. The fourth-order valence-corrected chi connectivity index (χ4v) is 3.52. The standard InChI is InChI=1S/C17H21N3O2/c1-16(2,3)22-15(21)20-9-12-8-17(12,11-20)13-10-19-7-5-4-6-14(19)18-13/h4-7,10,12H,8-9,11H2,1-3H3. The normalized spacial score (nSPS) is 27.0. The first kappa shape index (κ1) is 13.6. The molecule has 1 saturated carbocycles. The van der Waals surface area contributed by atoms with Crippen LogP contribution in [0.5, 0.6) is 0 Å². The van der Waals surface area contributed by atoms with Gasteiger partial charge in [0.2, 0.25) is 0 Å². The van der Waals surface area contributed by atoms with E-state index in [1.54, 1.807) is 0 Å². The predicted octanol–water partition coefficient (Wildman–Crippen LogP) is 2.84. The molecule has 5 heteroatoms. The first-order valence-corrected chi connectivity index (χ1v) is 7.80. The summed E-state index contributed by atoms with van der Waals surface area (Å²) in [4.78, 5) is 18.8. The Morgan fingerprint density at radius 2 is 2.23 bits per heavy atom. The highest BCUT2D eigenvalue weighted by atomic mass is 16.6. The molecular weight excluding hydrogens is 278 g/mol. The van der Waals surface area contributed by atoms with Crippen molar-refractivity contribution in [3.63, 3.8) is 0 Å². The Morgan fingerprint density at radius 3 is 2.95 bits per heavy atom. The van der Waals surface area contributed by atoms with Crippen molar-refractivity contribution in [1.29, 1.82) is 0 Å². The van der Waals surface area contributed by atoms with Gasteiger partial charge in [-0.2, -0.15) is 0 Å². The maximum Gasteiger partial charge on any atom is 0.410 e. The van der Waals surface area contributed by atoms with Gasteiger partial charge in [0.1, 0.15) is 11.2 Å². The van der Waals surface area contributed by atoms with Crippen molar-refractivity contribution >= 4 is 11.7 Å². The molecule has 1 saturated heterocycles. The molecule has 0 spiro atoms. The molecule has 116 valence electrons. The number of hydrogen-bond acceptors (Lipinski definition) is 3. The topological polar surface area (TPSA) is 46.8 Å². The molecule has 0 radical (unpaired) electrons. The SMILES string of the molecule is CC(C)(C)OC(=O)N1CC2CC2(c2cn3ccccc3n2)C1. The van der Waals surface area contributed by atoms with Crippen molar-refractivity contribution in [3.05, 3.63) is 36.3 Å². The van der Waals surface area contributed by atoms with E-state index in [0.717, 1.165) is 30.9 Å². The van der Waals surface area contributed by atoms with Gasteiger partial charge in [0, 0.05) is 30.9 Å². The monoisotopic (exact) mass is 299 g/mol. The molecule has 22 heavy (non-hydrogen) atoms. The fraction of sp³-hybridized carbons (Fsp3) is 0.529. The largest absolute Gasteiger partial charge is 0.444 e. The van der Waals surface area contributed by atoms with Crippen molar-refractivity contribution in [3.8, 4) is 0 Å². The van der Waals surface area contributed by atoms with Crippen molar-refractivity contribution in [2.45, 2.75) is 38.2 Å². The van der Waals surface area contributed by atoms with Crippen LogP contribution < -0.4 is 0 Å². The number of aromatic nitrogens is 2. The number of amides is 1. The Balaban J connectivity index is 1.56. The summed E-state index contributed by atoms with van der Waals surface area (Å²) >= 11 is 0. The minimum atomic E-state index is -0.444. The van der Waals surface area contributed by atoms with E-state index in [-0.39, 0.29) is 11.5 Å². The Labute approximate surface area is 129 Å². The van der Waals surface area contributed by atoms with Crippen molar-refractivity contribution in [1.82, 2.24) is 14.3 Å². The molecule has 2 fully saturated rings. The van der Waals surface area contributed by atoms with Gasteiger partial charge in [-0.25, -0.2) is 9.78 Å². The highest BCUT2D eigenvalue weighted by Gasteiger charge is 2.63. The summed E-state index contributed by atoms with van der Waals surface area (Å²) in [5.74, 6) is 0.518. The summed E-state index contributed by atoms with van der Waals surface area (Å²) in [7, 11) is 0. The minimum Gasteiger partial charge on any atom is -0.444 e. The molecule has 3 heterocycles. The number of carbonyl (C=O) groups is 1. The number of pyridine rings is 1. The number of likely N-dealkylation sites (tertiary alicyclic amines) is 1. The number of hydrogen-bond donors (Lipinski definition) is 0. The lowest BCUT2D eigenvalue weighted by Gasteiger charge is -2.26. The molecule has 0 aromatic carbocycles. The van der Waals surface area contributed by atoms with E-state index < -0.39 is 5.60 Å². The first-order chi connectivity index (χ1) is 10.4. The number of rotatable bonds is 1. The van der Waals surface area contributed by atoms with E-state index in [0.29, 0.717) is 5.92 Å². The lowest BCUT2D eigenvalue weighted by molar-refractivity contribution is 0.0270. The Bertz CT molecular complexity index is 713. The second-order valence-electron chi connectivity index (χ2n) is 7.51. The molecule has 2 aromatic heterocycles. The average molecular weight is 299 g/mol. The fourth-order valence-electron chi connectivity index (χ4n) is 3.52. The van der Waals surface area contributed by atoms with Gasteiger partial charge >= 0.3 is 6.09 Å². The number of fused-ring (bicyclic) bond motifs is 2. The van der Waals surface area contributed by atoms with Crippen LogP contribution in [0.2, 0.25) is 0 Å². The summed E-state index contributed by atoms with van der Waals surface area (Å²) in [6.07, 6.45) is 5.03. The second kappa shape index (κ2) is 4.24. The highest BCUT2D eigenvalue weighted by molar-refractivity contribution is 5.69. The zero-order valence-corrected chi connectivity index (χ0v) is 13.2. The van der Waals surface area contributed by atoms with Crippen LogP contribution >= 0.6 is 0 Å². The van der Waals surface area contributed by atoms with E-state index in [2.05, 4.69) is 10.6 Å². The van der Waals surface area contributed by atoms with Gasteiger partial charge in [0.25, 0.3) is 0 Å². The maximum atomic E-state index is 12.3. The molecule has 2 aromatic rings.